The van der Waals surface area contributed by atoms with E-state index < -0.39 is 0 Å². The van der Waals surface area contributed by atoms with Crippen LogP contribution in [0.2, 0.25) is 0 Å². The van der Waals surface area contributed by atoms with Gasteiger partial charge in [-0.15, -0.1) is 11.3 Å². The molecule has 0 saturated carbocycles. The normalized spacial score (nSPS) is 11.5. The molecule has 10 aromatic rings. The summed E-state index contributed by atoms with van der Waals surface area (Å²) < 4.78 is 8.85. The van der Waals surface area contributed by atoms with Gasteiger partial charge in [0.1, 0.15) is 11.2 Å². The highest BCUT2D eigenvalue weighted by Crippen LogP contribution is 2.42. The second kappa shape index (κ2) is 12.2. The number of nitrogens with zero attached hydrogens (tertiary/aromatic N) is 1. The van der Waals surface area contributed by atoms with Crippen molar-refractivity contribution < 1.29 is 4.42 Å². The summed E-state index contributed by atoms with van der Waals surface area (Å²) >= 11 is 1.88. The molecule has 0 aliphatic carbocycles. The second-order valence-electron chi connectivity index (χ2n) is 12.9. The van der Waals surface area contributed by atoms with Crippen LogP contribution in [0.15, 0.2) is 192 Å². The lowest BCUT2D eigenvalue weighted by Crippen LogP contribution is -2.09. The predicted molar refractivity (Wildman–Crippen MR) is 218 cm³/mol. The maximum Gasteiger partial charge on any atom is 0.135 e. The van der Waals surface area contributed by atoms with E-state index in [1.54, 1.807) is 0 Å². The fourth-order valence-electron chi connectivity index (χ4n) is 7.35. The number of rotatable bonds is 6. The Bertz CT molecular complexity index is 2830. The Morgan fingerprint density at radius 2 is 0.882 bits per heavy atom. The molecule has 0 bridgehead atoms. The molecule has 240 valence electrons. The van der Waals surface area contributed by atoms with E-state index in [-0.39, 0.29) is 0 Å². The van der Waals surface area contributed by atoms with E-state index in [1.807, 2.05) is 23.5 Å². The van der Waals surface area contributed by atoms with E-state index >= 15 is 0 Å². The zero-order valence-corrected chi connectivity index (χ0v) is 28.5. The fraction of sp³-hybridized carbons (Fsp3) is 0. The van der Waals surface area contributed by atoms with Gasteiger partial charge in [-0.1, -0.05) is 133 Å². The molecular formula is C48H31NOS. The first-order valence-corrected chi connectivity index (χ1v) is 18.1. The Morgan fingerprint density at radius 3 is 1.61 bits per heavy atom. The molecule has 2 aromatic heterocycles. The number of hydrogen-bond donors (Lipinski definition) is 0. The molecule has 0 saturated heterocycles. The van der Waals surface area contributed by atoms with E-state index in [4.69, 9.17) is 4.42 Å². The smallest absolute Gasteiger partial charge is 0.135 e. The van der Waals surface area contributed by atoms with Crippen molar-refractivity contribution in [1.82, 2.24) is 0 Å². The Hall–Kier alpha value is -6.42. The van der Waals surface area contributed by atoms with Gasteiger partial charge in [-0.05, 0) is 88.0 Å². The molecule has 3 heteroatoms. The molecule has 0 aliphatic rings. The van der Waals surface area contributed by atoms with Gasteiger partial charge < -0.3 is 9.32 Å². The van der Waals surface area contributed by atoms with E-state index in [2.05, 4.69) is 181 Å². The summed E-state index contributed by atoms with van der Waals surface area (Å²) in [5.74, 6) is 0. The molecule has 0 fully saturated rings. The SMILES string of the molecule is c1ccc(-c2ccc(N(c3ccc(-c4ccc(-c5cccc6c5sc5ccccc56)cc4)cc3)c3ccc4oc5ccccc5c4c3)cc2)cc1. The van der Waals surface area contributed by atoms with Crippen LogP contribution in [-0.4, -0.2) is 0 Å². The topological polar surface area (TPSA) is 16.4 Å². The standard InChI is InChI=1S/C48H31NOS/c1-2-9-32(10-3-1)34-21-25-37(26-22-34)49(39-29-30-46-44(31-39)41-11-4-6-15-45(41)50-46)38-27-23-35(24-28-38)33-17-19-36(20-18-33)40-13-8-14-43-42-12-5-7-16-47(42)51-48(40)43/h1-31H. The summed E-state index contributed by atoms with van der Waals surface area (Å²) in [5, 5.41) is 4.88. The summed E-state index contributed by atoms with van der Waals surface area (Å²) in [6.45, 7) is 0. The first-order valence-electron chi connectivity index (χ1n) is 17.2. The highest BCUT2D eigenvalue weighted by molar-refractivity contribution is 7.26. The molecule has 0 unspecified atom stereocenters. The maximum absolute atomic E-state index is 6.18. The van der Waals surface area contributed by atoms with Gasteiger partial charge in [0.25, 0.3) is 0 Å². The van der Waals surface area contributed by atoms with E-state index in [0.717, 1.165) is 39.0 Å². The summed E-state index contributed by atoms with van der Waals surface area (Å²) in [4.78, 5) is 2.33. The average molecular weight is 670 g/mol. The molecule has 0 amide bonds. The largest absolute Gasteiger partial charge is 0.456 e. The summed E-state index contributed by atoms with van der Waals surface area (Å²) in [6.07, 6.45) is 0. The molecule has 0 N–H and O–H groups in total. The molecule has 8 aromatic carbocycles. The Kier molecular flexibility index (Phi) is 7.04. The highest BCUT2D eigenvalue weighted by atomic mass is 32.1. The molecule has 2 nitrogen and oxygen atoms in total. The van der Waals surface area contributed by atoms with Crippen molar-refractivity contribution in [2.45, 2.75) is 0 Å². The van der Waals surface area contributed by atoms with Crippen molar-refractivity contribution in [2.24, 2.45) is 0 Å². The zero-order chi connectivity index (χ0) is 33.7. The molecule has 0 spiro atoms. The summed E-state index contributed by atoms with van der Waals surface area (Å²) in [5.41, 5.74) is 12.3. The number of anilines is 3. The van der Waals surface area contributed by atoms with Crippen LogP contribution >= 0.6 is 11.3 Å². The molecule has 0 radical (unpaired) electrons. The Morgan fingerprint density at radius 1 is 0.353 bits per heavy atom. The van der Waals surface area contributed by atoms with Gasteiger partial charge in [-0.2, -0.15) is 0 Å². The van der Waals surface area contributed by atoms with Crippen LogP contribution in [0.25, 0.3) is 75.5 Å². The van der Waals surface area contributed by atoms with Crippen molar-refractivity contribution in [3.8, 4) is 33.4 Å². The van der Waals surface area contributed by atoms with Crippen LogP contribution in [0.1, 0.15) is 0 Å². The molecular weight excluding hydrogens is 639 g/mol. The first-order chi connectivity index (χ1) is 25.3. The number of hydrogen-bond acceptors (Lipinski definition) is 3. The number of benzene rings is 8. The van der Waals surface area contributed by atoms with Crippen LogP contribution in [0.4, 0.5) is 17.1 Å². The van der Waals surface area contributed by atoms with E-state index in [1.165, 1.54) is 53.6 Å². The molecule has 2 heterocycles. The number of furan rings is 1. The molecule has 0 aliphatic heterocycles. The van der Waals surface area contributed by atoms with Gasteiger partial charge in [0, 0.05) is 48.0 Å². The van der Waals surface area contributed by atoms with Gasteiger partial charge in [-0.25, -0.2) is 0 Å². The monoisotopic (exact) mass is 669 g/mol. The zero-order valence-electron chi connectivity index (χ0n) is 27.7. The van der Waals surface area contributed by atoms with Crippen LogP contribution in [0, 0.1) is 0 Å². The third-order valence-corrected chi connectivity index (χ3v) is 11.1. The second-order valence-corrected chi connectivity index (χ2v) is 14.0. The molecule has 0 atom stereocenters. The number of fused-ring (bicyclic) bond motifs is 6. The van der Waals surface area contributed by atoms with Crippen LogP contribution in [-0.2, 0) is 0 Å². The Labute approximate surface area is 300 Å². The Balaban J connectivity index is 1.01. The van der Waals surface area contributed by atoms with Gasteiger partial charge >= 0.3 is 0 Å². The average Bonchev–Trinajstić information content (AvgIpc) is 3.77. The molecule has 51 heavy (non-hydrogen) atoms. The van der Waals surface area contributed by atoms with E-state index in [0.29, 0.717) is 0 Å². The van der Waals surface area contributed by atoms with Gasteiger partial charge in [0.05, 0.1) is 0 Å². The van der Waals surface area contributed by atoms with Crippen molar-refractivity contribution in [2.75, 3.05) is 4.90 Å². The van der Waals surface area contributed by atoms with Crippen molar-refractivity contribution in [1.29, 1.82) is 0 Å². The molecule has 10 rings (SSSR count). The van der Waals surface area contributed by atoms with Gasteiger partial charge in [0.15, 0.2) is 0 Å². The lowest BCUT2D eigenvalue weighted by atomic mass is 9.99. The van der Waals surface area contributed by atoms with Crippen molar-refractivity contribution in [3.63, 3.8) is 0 Å². The number of thiophene rings is 1. The maximum atomic E-state index is 6.18. The summed E-state index contributed by atoms with van der Waals surface area (Å²) in [7, 11) is 0. The van der Waals surface area contributed by atoms with Gasteiger partial charge in [0.2, 0.25) is 0 Å². The lowest BCUT2D eigenvalue weighted by Gasteiger charge is -2.26. The van der Waals surface area contributed by atoms with Crippen molar-refractivity contribution >= 4 is 70.5 Å². The predicted octanol–water partition coefficient (Wildman–Crippen LogP) is 14.4. The third kappa shape index (κ3) is 5.18. The number of para-hydroxylation sites is 1. The quantitative estimate of drug-likeness (QED) is 0.175. The summed E-state index contributed by atoms with van der Waals surface area (Å²) in [6, 6.07) is 67.4. The lowest BCUT2D eigenvalue weighted by molar-refractivity contribution is 0.669. The minimum absolute atomic E-state index is 0.890. The van der Waals surface area contributed by atoms with Crippen LogP contribution in [0.3, 0.4) is 0 Å². The third-order valence-electron chi connectivity index (χ3n) is 9.91. The minimum Gasteiger partial charge on any atom is -0.456 e. The fourth-order valence-corrected chi connectivity index (χ4v) is 8.59. The highest BCUT2D eigenvalue weighted by Gasteiger charge is 2.16. The minimum atomic E-state index is 0.890. The van der Waals surface area contributed by atoms with E-state index in [9.17, 15) is 0 Å². The van der Waals surface area contributed by atoms with Gasteiger partial charge in [-0.3, -0.25) is 0 Å². The van der Waals surface area contributed by atoms with Crippen LogP contribution in [0.5, 0.6) is 0 Å². The van der Waals surface area contributed by atoms with Crippen molar-refractivity contribution in [3.05, 3.63) is 188 Å². The first kappa shape index (κ1) is 29.5. The van der Waals surface area contributed by atoms with Crippen LogP contribution < -0.4 is 4.90 Å².